The maximum atomic E-state index is 10.0. The fourth-order valence-corrected chi connectivity index (χ4v) is 1.40. The van der Waals surface area contributed by atoms with Crippen LogP contribution in [0.2, 0.25) is 0 Å². The van der Waals surface area contributed by atoms with Crippen LogP contribution in [0.4, 0.5) is 0 Å². The minimum atomic E-state index is -0.841. The Morgan fingerprint density at radius 2 is 2.29 bits per heavy atom. The van der Waals surface area contributed by atoms with Gasteiger partial charge in [0.15, 0.2) is 0 Å². The molecule has 0 spiro atoms. The Balaban J connectivity index is 2.15. The SMILES string of the molecule is CCCOc1cncc(C(O)c2cn[nH]n2)c1. The fraction of sp³-hybridized carbons (Fsp3) is 0.364. The molecule has 90 valence electrons. The first-order valence-corrected chi connectivity index (χ1v) is 5.42. The van der Waals surface area contributed by atoms with Gasteiger partial charge < -0.3 is 9.84 Å². The van der Waals surface area contributed by atoms with Crippen molar-refractivity contribution in [3.63, 3.8) is 0 Å². The number of hydrogen-bond acceptors (Lipinski definition) is 5. The Bertz CT molecular complexity index is 458. The van der Waals surface area contributed by atoms with Crippen LogP contribution in [0.15, 0.2) is 24.7 Å². The Kier molecular flexibility index (Phi) is 3.66. The van der Waals surface area contributed by atoms with Gasteiger partial charge in [-0.25, -0.2) is 0 Å². The standard InChI is InChI=1S/C11H14N4O2/c1-2-3-17-9-4-8(5-12-6-9)11(16)10-7-13-15-14-10/h4-7,11,16H,2-3H2,1H3,(H,13,14,15). The predicted octanol–water partition coefficient (Wildman–Crippen LogP) is 1.07. The molecular formula is C11H14N4O2. The second kappa shape index (κ2) is 5.40. The third-order valence-electron chi connectivity index (χ3n) is 2.24. The lowest BCUT2D eigenvalue weighted by atomic mass is 10.1. The zero-order valence-corrected chi connectivity index (χ0v) is 9.50. The van der Waals surface area contributed by atoms with E-state index in [1.54, 1.807) is 18.5 Å². The zero-order valence-electron chi connectivity index (χ0n) is 9.50. The summed E-state index contributed by atoms with van der Waals surface area (Å²) >= 11 is 0. The second-order valence-electron chi connectivity index (χ2n) is 3.60. The molecular weight excluding hydrogens is 220 g/mol. The van der Waals surface area contributed by atoms with Gasteiger partial charge in [0.2, 0.25) is 0 Å². The second-order valence-corrected chi connectivity index (χ2v) is 3.60. The number of H-pyrrole nitrogens is 1. The number of nitrogens with one attached hydrogen (secondary N) is 1. The number of pyridine rings is 1. The molecule has 2 aromatic heterocycles. The molecule has 2 aromatic rings. The topological polar surface area (TPSA) is 83.9 Å². The number of aromatic amines is 1. The third-order valence-corrected chi connectivity index (χ3v) is 2.24. The predicted molar refractivity (Wildman–Crippen MR) is 60.5 cm³/mol. The van der Waals surface area contributed by atoms with Crippen molar-refractivity contribution in [2.75, 3.05) is 6.61 Å². The number of aliphatic hydroxyl groups excluding tert-OH is 1. The zero-order chi connectivity index (χ0) is 12.1. The number of aromatic nitrogens is 4. The maximum absolute atomic E-state index is 10.0. The van der Waals surface area contributed by atoms with E-state index in [-0.39, 0.29) is 0 Å². The molecule has 2 N–H and O–H groups in total. The molecule has 6 heteroatoms. The molecule has 0 fully saturated rings. The van der Waals surface area contributed by atoms with Crippen molar-refractivity contribution < 1.29 is 9.84 Å². The number of rotatable bonds is 5. The van der Waals surface area contributed by atoms with Crippen LogP contribution >= 0.6 is 0 Å². The van der Waals surface area contributed by atoms with Crippen molar-refractivity contribution in [3.8, 4) is 5.75 Å². The van der Waals surface area contributed by atoms with E-state index in [0.29, 0.717) is 23.6 Å². The van der Waals surface area contributed by atoms with Crippen molar-refractivity contribution >= 4 is 0 Å². The molecule has 6 nitrogen and oxygen atoms in total. The van der Waals surface area contributed by atoms with Gasteiger partial charge in [0, 0.05) is 11.8 Å². The van der Waals surface area contributed by atoms with Crippen LogP contribution in [-0.4, -0.2) is 32.1 Å². The summed E-state index contributed by atoms with van der Waals surface area (Å²) in [5.74, 6) is 0.645. The van der Waals surface area contributed by atoms with Gasteiger partial charge in [-0.15, -0.1) is 0 Å². The van der Waals surface area contributed by atoms with Crippen LogP contribution < -0.4 is 4.74 Å². The van der Waals surface area contributed by atoms with Gasteiger partial charge in [-0.2, -0.15) is 15.4 Å². The largest absolute Gasteiger partial charge is 0.492 e. The average molecular weight is 234 g/mol. The molecule has 0 bridgehead atoms. The molecule has 0 aromatic carbocycles. The van der Waals surface area contributed by atoms with E-state index in [4.69, 9.17) is 4.74 Å². The van der Waals surface area contributed by atoms with Crippen molar-refractivity contribution in [2.45, 2.75) is 19.4 Å². The Hall–Kier alpha value is -1.95. The summed E-state index contributed by atoms with van der Waals surface area (Å²) < 4.78 is 5.45. The van der Waals surface area contributed by atoms with Gasteiger partial charge in [-0.3, -0.25) is 4.98 Å². The van der Waals surface area contributed by atoms with Gasteiger partial charge >= 0.3 is 0 Å². The number of aliphatic hydroxyl groups is 1. The molecule has 0 saturated heterocycles. The molecule has 0 aliphatic carbocycles. The van der Waals surface area contributed by atoms with E-state index in [0.717, 1.165) is 6.42 Å². The molecule has 0 aliphatic rings. The average Bonchev–Trinajstić information content (AvgIpc) is 2.89. The molecule has 2 rings (SSSR count). The van der Waals surface area contributed by atoms with Crippen molar-refractivity contribution in [1.29, 1.82) is 0 Å². The molecule has 0 radical (unpaired) electrons. The minimum Gasteiger partial charge on any atom is -0.492 e. The molecule has 0 saturated carbocycles. The van der Waals surface area contributed by atoms with Gasteiger partial charge in [0.25, 0.3) is 0 Å². The Morgan fingerprint density at radius 1 is 1.41 bits per heavy atom. The lowest BCUT2D eigenvalue weighted by Crippen LogP contribution is -2.02. The molecule has 2 heterocycles. The summed E-state index contributed by atoms with van der Waals surface area (Å²) in [6.07, 6.45) is 4.76. The number of ether oxygens (including phenoxy) is 1. The van der Waals surface area contributed by atoms with Crippen molar-refractivity contribution in [1.82, 2.24) is 20.4 Å². The van der Waals surface area contributed by atoms with Crippen LogP contribution in [0.5, 0.6) is 5.75 Å². The molecule has 1 unspecified atom stereocenters. The maximum Gasteiger partial charge on any atom is 0.137 e. The van der Waals surface area contributed by atoms with E-state index < -0.39 is 6.10 Å². The first kappa shape index (κ1) is 11.5. The highest BCUT2D eigenvalue weighted by atomic mass is 16.5. The smallest absolute Gasteiger partial charge is 0.137 e. The minimum absolute atomic E-state index is 0.458. The number of hydrogen-bond donors (Lipinski definition) is 2. The van der Waals surface area contributed by atoms with E-state index in [1.165, 1.54) is 6.20 Å². The third kappa shape index (κ3) is 2.79. The Morgan fingerprint density at radius 3 is 3.00 bits per heavy atom. The van der Waals surface area contributed by atoms with Gasteiger partial charge in [0.05, 0.1) is 19.0 Å². The van der Waals surface area contributed by atoms with Crippen LogP contribution in [0.1, 0.15) is 30.7 Å². The van der Waals surface area contributed by atoms with Gasteiger partial charge in [-0.1, -0.05) is 6.92 Å². The summed E-state index contributed by atoms with van der Waals surface area (Å²) in [5.41, 5.74) is 1.09. The Labute approximate surface area is 98.7 Å². The summed E-state index contributed by atoms with van der Waals surface area (Å²) in [6.45, 7) is 2.66. The molecule has 0 amide bonds. The van der Waals surface area contributed by atoms with Crippen LogP contribution in [-0.2, 0) is 0 Å². The summed E-state index contributed by atoms with van der Waals surface area (Å²) in [7, 11) is 0. The first-order valence-electron chi connectivity index (χ1n) is 5.42. The first-order chi connectivity index (χ1) is 8.31. The number of nitrogens with zero attached hydrogens (tertiary/aromatic N) is 3. The summed E-state index contributed by atoms with van der Waals surface area (Å²) in [5, 5.41) is 20.0. The molecule has 0 aliphatic heterocycles. The quantitative estimate of drug-likeness (QED) is 0.808. The fourth-order valence-electron chi connectivity index (χ4n) is 1.40. The normalized spacial score (nSPS) is 12.4. The summed E-state index contributed by atoms with van der Waals surface area (Å²) in [4.78, 5) is 4.03. The highest BCUT2D eigenvalue weighted by Crippen LogP contribution is 2.22. The van der Waals surface area contributed by atoms with E-state index in [1.807, 2.05) is 6.92 Å². The highest BCUT2D eigenvalue weighted by Gasteiger charge is 2.14. The van der Waals surface area contributed by atoms with E-state index >= 15 is 0 Å². The molecule has 1 atom stereocenters. The summed E-state index contributed by atoms with van der Waals surface area (Å²) in [6, 6.07) is 1.75. The van der Waals surface area contributed by atoms with Crippen LogP contribution in [0.25, 0.3) is 0 Å². The van der Waals surface area contributed by atoms with Crippen LogP contribution in [0, 0.1) is 0 Å². The van der Waals surface area contributed by atoms with Gasteiger partial charge in [0.1, 0.15) is 17.5 Å². The lowest BCUT2D eigenvalue weighted by molar-refractivity contribution is 0.213. The van der Waals surface area contributed by atoms with Crippen molar-refractivity contribution in [3.05, 3.63) is 35.9 Å². The molecule has 17 heavy (non-hydrogen) atoms. The monoisotopic (exact) mass is 234 g/mol. The van der Waals surface area contributed by atoms with Crippen molar-refractivity contribution in [2.24, 2.45) is 0 Å². The van der Waals surface area contributed by atoms with E-state index in [9.17, 15) is 5.11 Å². The van der Waals surface area contributed by atoms with E-state index in [2.05, 4.69) is 20.4 Å². The van der Waals surface area contributed by atoms with Crippen LogP contribution in [0.3, 0.4) is 0 Å². The lowest BCUT2D eigenvalue weighted by Gasteiger charge is -2.09. The van der Waals surface area contributed by atoms with Gasteiger partial charge in [-0.05, 0) is 12.5 Å². The highest BCUT2D eigenvalue weighted by molar-refractivity contribution is 5.28.